The molecule has 21 heavy (non-hydrogen) atoms. The number of carboxylic acid groups (broad SMARTS) is 2. The van der Waals surface area contributed by atoms with E-state index in [9.17, 15) is 19.2 Å². The predicted molar refractivity (Wildman–Crippen MR) is 73.5 cm³/mol. The molecule has 0 bridgehead atoms. The van der Waals surface area contributed by atoms with Crippen molar-refractivity contribution in [1.29, 1.82) is 0 Å². The molecule has 0 saturated heterocycles. The number of aliphatic carboxylic acids is 2. The Hall–Kier alpha value is -2.12. The van der Waals surface area contributed by atoms with Crippen LogP contribution in [0.2, 0.25) is 0 Å². The molecule has 0 rings (SSSR count). The van der Waals surface area contributed by atoms with Crippen LogP contribution in [0.15, 0.2) is 0 Å². The first-order valence-corrected chi connectivity index (χ1v) is 6.26. The van der Waals surface area contributed by atoms with E-state index in [1.165, 1.54) is 41.5 Å². The summed E-state index contributed by atoms with van der Waals surface area (Å²) in [5.74, 6) is -4.13. The third kappa shape index (κ3) is 4.44. The quantitative estimate of drug-likeness (QED) is 0.509. The fourth-order valence-electron chi connectivity index (χ4n) is 1.09. The van der Waals surface area contributed by atoms with Gasteiger partial charge in [-0.3, -0.25) is 9.59 Å². The number of carbonyl (C=O) groups excluding carboxylic acids is 2. The second-order valence-electron chi connectivity index (χ2n) is 6.39. The van der Waals surface area contributed by atoms with Gasteiger partial charge in [0.25, 0.3) is 0 Å². The summed E-state index contributed by atoms with van der Waals surface area (Å²) < 4.78 is 0. The van der Waals surface area contributed by atoms with Crippen molar-refractivity contribution in [3.63, 3.8) is 0 Å². The van der Waals surface area contributed by atoms with Crippen molar-refractivity contribution >= 4 is 23.8 Å². The maximum absolute atomic E-state index is 12.1. The molecule has 0 fully saturated rings. The number of carbonyl (C=O) groups is 4. The number of hydrogen-bond donors (Lipinski definition) is 4. The second kappa shape index (κ2) is 5.71. The van der Waals surface area contributed by atoms with Gasteiger partial charge in [-0.2, -0.15) is 0 Å². The third-order valence-corrected chi connectivity index (χ3v) is 3.06. The Balaban J connectivity index is 5.13. The Morgan fingerprint density at radius 3 is 1.10 bits per heavy atom. The van der Waals surface area contributed by atoms with Gasteiger partial charge in [-0.1, -0.05) is 0 Å². The minimum Gasteiger partial charge on any atom is -0.480 e. The summed E-state index contributed by atoms with van der Waals surface area (Å²) >= 11 is 0. The highest BCUT2D eigenvalue weighted by Crippen LogP contribution is 2.19. The molecule has 0 atom stereocenters. The van der Waals surface area contributed by atoms with Crippen LogP contribution in [-0.2, 0) is 19.2 Å². The lowest BCUT2D eigenvalue weighted by atomic mass is 9.88. The van der Waals surface area contributed by atoms with Crippen LogP contribution in [0.4, 0.5) is 0 Å². The van der Waals surface area contributed by atoms with Gasteiger partial charge in [-0.15, -0.1) is 0 Å². The van der Waals surface area contributed by atoms with Crippen molar-refractivity contribution < 1.29 is 29.4 Å². The average molecular weight is 302 g/mol. The summed E-state index contributed by atoms with van der Waals surface area (Å²) in [7, 11) is 0. The average Bonchev–Trinajstić information content (AvgIpc) is 2.26. The molecule has 0 spiro atoms. The SMILES string of the molecule is CC(C)(NC(=O)C(C)(C)C(=O)NC(C)(C)C(=O)O)C(=O)O. The maximum atomic E-state index is 12.1. The normalized spacial score (nSPS) is 12.5. The molecular formula is C13H22N2O6. The van der Waals surface area contributed by atoms with Crippen molar-refractivity contribution in [2.24, 2.45) is 5.41 Å². The smallest absolute Gasteiger partial charge is 0.328 e. The molecule has 8 heteroatoms. The van der Waals surface area contributed by atoms with Gasteiger partial charge in [0, 0.05) is 0 Å². The van der Waals surface area contributed by atoms with Gasteiger partial charge in [0.2, 0.25) is 11.8 Å². The Bertz CT molecular complexity index is 437. The Morgan fingerprint density at radius 1 is 0.667 bits per heavy atom. The van der Waals surface area contributed by atoms with Crippen LogP contribution in [0.3, 0.4) is 0 Å². The molecule has 0 saturated carbocycles. The Labute approximate surface area is 122 Å². The van der Waals surface area contributed by atoms with E-state index in [2.05, 4.69) is 10.6 Å². The van der Waals surface area contributed by atoms with Crippen molar-refractivity contribution in [2.45, 2.75) is 52.6 Å². The van der Waals surface area contributed by atoms with E-state index in [0.29, 0.717) is 0 Å². The molecule has 0 aromatic rings. The zero-order valence-corrected chi connectivity index (χ0v) is 13.0. The Kier molecular flexibility index (Phi) is 5.13. The lowest BCUT2D eigenvalue weighted by molar-refractivity contribution is -0.153. The van der Waals surface area contributed by atoms with E-state index < -0.39 is 40.2 Å². The highest BCUT2D eigenvalue weighted by molar-refractivity contribution is 6.06. The highest BCUT2D eigenvalue weighted by atomic mass is 16.4. The molecule has 8 nitrogen and oxygen atoms in total. The van der Waals surface area contributed by atoms with Gasteiger partial charge in [-0.25, -0.2) is 9.59 Å². The topological polar surface area (TPSA) is 133 Å². The van der Waals surface area contributed by atoms with Crippen LogP contribution in [0, 0.1) is 5.41 Å². The predicted octanol–water partition coefficient (Wildman–Crippen LogP) is -0.0286. The van der Waals surface area contributed by atoms with Crippen molar-refractivity contribution in [1.82, 2.24) is 10.6 Å². The molecule has 0 aromatic carbocycles. The van der Waals surface area contributed by atoms with Crippen LogP contribution >= 0.6 is 0 Å². The lowest BCUT2D eigenvalue weighted by Gasteiger charge is -2.31. The monoisotopic (exact) mass is 302 g/mol. The van der Waals surface area contributed by atoms with Gasteiger partial charge in [-0.05, 0) is 41.5 Å². The summed E-state index contributed by atoms with van der Waals surface area (Å²) in [5.41, 5.74) is -4.71. The summed E-state index contributed by atoms with van der Waals surface area (Å²) in [6.45, 7) is 7.69. The molecule has 0 aliphatic rings. The van der Waals surface area contributed by atoms with E-state index in [0.717, 1.165) is 0 Å². The van der Waals surface area contributed by atoms with Gasteiger partial charge < -0.3 is 20.8 Å². The van der Waals surface area contributed by atoms with Gasteiger partial charge >= 0.3 is 11.9 Å². The molecule has 2 amide bonds. The van der Waals surface area contributed by atoms with Gasteiger partial charge in [0.1, 0.15) is 16.5 Å². The molecule has 4 N–H and O–H groups in total. The van der Waals surface area contributed by atoms with E-state index in [1.54, 1.807) is 0 Å². The Morgan fingerprint density at radius 2 is 0.905 bits per heavy atom. The van der Waals surface area contributed by atoms with E-state index in [1.807, 2.05) is 0 Å². The third-order valence-electron chi connectivity index (χ3n) is 3.06. The number of hydrogen-bond acceptors (Lipinski definition) is 4. The fraction of sp³-hybridized carbons (Fsp3) is 0.692. The summed E-state index contributed by atoms with van der Waals surface area (Å²) in [6.07, 6.45) is 0. The first-order chi connectivity index (χ1) is 9.14. The first kappa shape index (κ1) is 18.9. The van der Waals surface area contributed by atoms with Crippen molar-refractivity contribution in [3.05, 3.63) is 0 Å². The van der Waals surface area contributed by atoms with Crippen molar-refractivity contribution in [3.8, 4) is 0 Å². The minimum atomic E-state index is -1.63. The molecule has 0 aliphatic carbocycles. The minimum absolute atomic E-state index is 0.811. The zero-order chi connectivity index (χ0) is 17.2. The number of rotatable bonds is 6. The zero-order valence-electron chi connectivity index (χ0n) is 13.0. The van der Waals surface area contributed by atoms with Crippen LogP contribution < -0.4 is 10.6 Å². The number of nitrogens with one attached hydrogen (secondary N) is 2. The lowest BCUT2D eigenvalue weighted by Crippen LogP contribution is -2.60. The first-order valence-electron chi connectivity index (χ1n) is 6.26. The molecule has 0 heterocycles. The maximum Gasteiger partial charge on any atom is 0.328 e. The van der Waals surface area contributed by atoms with E-state index in [-0.39, 0.29) is 0 Å². The summed E-state index contributed by atoms with van der Waals surface area (Å²) in [5, 5.41) is 22.4. The highest BCUT2D eigenvalue weighted by Gasteiger charge is 2.43. The van der Waals surface area contributed by atoms with Crippen LogP contribution in [0.1, 0.15) is 41.5 Å². The molecule has 0 radical (unpaired) electrons. The van der Waals surface area contributed by atoms with Gasteiger partial charge in [0.15, 0.2) is 0 Å². The fourth-order valence-corrected chi connectivity index (χ4v) is 1.09. The van der Waals surface area contributed by atoms with Crippen LogP contribution in [0.25, 0.3) is 0 Å². The van der Waals surface area contributed by atoms with Crippen molar-refractivity contribution in [2.75, 3.05) is 0 Å². The van der Waals surface area contributed by atoms with E-state index in [4.69, 9.17) is 10.2 Å². The largest absolute Gasteiger partial charge is 0.480 e. The molecule has 120 valence electrons. The van der Waals surface area contributed by atoms with Crippen LogP contribution in [0.5, 0.6) is 0 Å². The van der Waals surface area contributed by atoms with E-state index >= 15 is 0 Å². The molecule has 0 aromatic heterocycles. The standard InChI is InChI=1S/C13H22N2O6/c1-11(2,7(16)14-12(3,4)9(18)19)8(17)15-13(5,6)10(20)21/h1-6H3,(H,14,16)(H,15,17)(H,18,19)(H,20,21). The second-order valence-corrected chi connectivity index (χ2v) is 6.39. The molecular weight excluding hydrogens is 280 g/mol. The molecule has 0 aliphatic heterocycles. The summed E-state index contributed by atoms with van der Waals surface area (Å²) in [6, 6.07) is 0. The van der Waals surface area contributed by atoms with Gasteiger partial charge in [0.05, 0.1) is 0 Å². The summed E-state index contributed by atoms with van der Waals surface area (Å²) in [4.78, 5) is 46.2. The number of carboxylic acids is 2. The molecule has 0 unspecified atom stereocenters. The number of amides is 2. The van der Waals surface area contributed by atoms with Crippen LogP contribution in [-0.4, -0.2) is 45.0 Å².